The van der Waals surface area contributed by atoms with Crippen LogP contribution in [0.5, 0.6) is 0 Å². The number of aromatic nitrogens is 2. The SMILES string of the molecule is CSc1nc(Cl)cc(CCl)n1. The molecule has 11 heavy (non-hydrogen) atoms. The Labute approximate surface area is 79.3 Å². The van der Waals surface area contributed by atoms with Gasteiger partial charge in [0.05, 0.1) is 11.6 Å². The van der Waals surface area contributed by atoms with Crippen LogP contribution >= 0.6 is 35.0 Å². The van der Waals surface area contributed by atoms with Gasteiger partial charge in [0.1, 0.15) is 5.15 Å². The lowest BCUT2D eigenvalue weighted by Gasteiger charge is -1.98. The van der Waals surface area contributed by atoms with E-state index in [9.17, 15) is 0 Å². The molecule has 0 saturated heterocycles. The summed E-state index contributed by atoms with van der Waals surface area (Å²) < 4.78 is 0. The van der Waals surface area contributed by atoms with Crippen LogP contribution < -0.4 is 0 Å². The molecular formula is C6H6Cl2N2S. The van der Waals surface area contributed by atoms with E-state index in [0.717, 1.165) is 5.69 Å². The summed E-state index contributed by atoms with van der Waals surface area (Å²) in [5.41, 5.74) is 0.760. The minimum Gasteiger partial charge on any atom is -0.226 e. The second-order valence-corrected chi connectivity index (χ2v) is 3.23. The number of alkyl halides is 1. The summed E-state index contributed by atoms with van der Waals surface area (Å²) in [5.74, 6) is 0.371. The minimum absolute atomic E-state index is 0.371. The zero-order valence-electron chi connectivity index (χ0n) is 5.84. The fourth-order valence-electron chi connectivity index (χ4n) is 0.601. The van der Waals surface area contributed by atoms with Crippen molar-refractivity contribution in [2.24, 2.45) is 0 Å². The first-order chi connectivity index (χ1) is 5.26. The topological polar surface area (TPSA) is 25.8 Å². The lowest BCUT2D eigenvalue weighted by Crippen LogP contribution is -1.91. The van der Waals surface area contributed by atoms with Crippen molar-refractivity contribution in [2.45, 2.75) is 11.0 Å². The highest BCUT2D eigenvalue weighted by molar-refractivity contribution is 7.98. The van der Waals surface area contributed by atoms with Crippen molar-refractivity contribution in [3.63, 3.8) is 0 Å². The summed E-state index contributed by atoms with van der Waals surface area (Å²) in [6.07, 6.45) is 1.89. The molecule has 1 aromatic heterocycles. The largest absolute Gasteiger partial charge is 0.226 e. The van der Waals surface area contributed by atoms with E-state index < -0.39 is 0 Å². The van der Waals surface area contributed by atoms with Crippen LogP contribution in [-0.2, 0) is 5.88 Å². The predicted molar refractivity (Wildman–Crippen MR) is 48.4 cm³/mol. The van der Waals surface area contributed by atoms with Gasteiger partial charge in [-0.05, 0) is 12.3 Å². The normalized spacial score (nSPS) is 10.1. The molecule has 0 aliphatic carbocycles. The van der Waals surface area contributed by atoms with Crippen molar-refractivity contribution < 1.29 is 0 Å². The average Bonchev–Trinajstić information content (AvgIpc) is 2.03. The molecule has 1 rings (SSSR count). The van der Waals surface area contributed by atoms with E-state index in [2.05, 4.69) is 9.97 Å². The van der Waals surface area contributed by atoms with E-state index in [-0.39, 0.29) is 0 Å². The minimum atomic E-state index is 0.371. The third-order valence-electron chi connectivity index (χ3n) is 1.05. The second kappa shape index (κ2) is 4.14. The Morgan fingerprint density at radius 1 is 1.55 bits per heavy atom. The maximum Gasteiger partial charge on any atom is 0.188 e. The van der Waals surface area contributed by atoms with Crippen molar-refractivity contribution in [3.8, 4) is 0 Å². The first kappa shape index (κ1) is 9.10. The van der Waals surface area contributed by atoms with Gasteiger partial charge in [0.2, 0.25) is 0 Å². The molecule has 60 valence electrons. The number of rotatable bonds is 2. The summed E-state index contributed by atoms with van der Waals surface area (Å²) in [7, 11) is 0. The third-order valence-corrected chi connectivity index (χ3v) is 2.06. The Balaban J connectivity index is 3.02. The van der Waals surface area contributed by atoms with Crippen LogP contribution in [0.2, 0.25) is 5.15 Å². The maximum absolute atomic E-state index is 5.68. The zero-order chi connectivity index (χ0) is 8.27. The quantitative estimate of drug-likeness (QED) is 0.324. The van der Waals surface area contributed by atoms with Crippen LogP contribution in [0.1, 0.15) is 5.69 Å². The van der Waals surface area contributed by atoms with Crippen molar-refractivity contribution in [3.05, 3.63) is 16.9 Å². The van der Waals surface area contributed by atoms with Gasteiger partial charge in [-0.1, -0.05) is 23.4 Å². The van der Waals surface area contributed by atoms with E-state index in [1.165, 1.54) is 11.8 Å². The number of nitrogens with zero attached hydrogens (tertiary/aromatic N) is 2. The van der Waals surface area contributed by atoms with Crippen molar-refractivity contribution >= 4 is 35.0 Å². The Morgan fingerprint density at radius 3 is 2.82 bits per heavy atom. The van der Waals surface area contributed by atoms with Gasteiger partial charge in [-0.15, -0.1) is 11.6 Å². The van der Waals surface area contributed by atoms with Crippen LogP contribution in [0.15, 0.2) is 11.2 Å². The van der Waals surface area contributed by atoms with Crippen LogP contribution in [0, 0.1) is 0 Å². The Bertz CT molecular complexity index is 232. The van der Waals surface area contributed by atoms with E-state index in [4.69, 9.17) is 23.2 Å². The van der Waals surface area contributed by atoms with E-state index in [0.29, 0.717) is 16.2 Å². The van der Waals surface area contributed by atoms with Gasteiger partial charge in [-0.3, -0.25) is 0 Å². The number of thioether (sulfide) groups is 1. The highest BCUT2D eigenvalue weighted by Crippen LogP contribution is 2.14. The van der Waals surface area contributed by atoms with E-state index in [1.54, 1.807) is 6.07 Å². The van der Waals surface area contributed by atoms with Gasteiger partial charge in [-0.2, -0.15) is 0 Å². The fourth-order valence-corrected chi connectivity index (χ4v) is 1.39. The molecular weight excluding hydrogens is 203 g/mol. The molecule has 0 amide bonds. The smallest absolute Gasteiger partial charge is 0.188 e. The predicted octanol–water partition coefficient (Wildman–Crippen LogP) is 2.59. The zero-order valence-corrected chi connectivity index (χ0v) is 8.17. The average molecular weight is 209 g/mol. The van der Waals surface area contributed by atoms with Gasteiger partial charge >= 0.3 is 0 Å². The molecule has 0 fully saturated rings. The number of hydrogen-bond donors (Lipinski definition) is 0. The lowest BCUT2D eigenvalue weighted by atomic mass is 10.5. The van der Waals surface area contributed by atoms with Crippen LogP contribution in [0.25, 0.3) is 0 Å². The molecule has 0 bridgehead atoms. The third kappa shape index (κ3) is 2.51. The lowest BCUT2D eigenvalue weighted by molar-refractivity contribution is 0.927. The van der Waals surface area contributed by atoms with Gasteiger partial charge in [0.25, 0.3) is 0 Å². The Hall–Kier alpha value is 0.01000. The van der Waals surface area contributed by atoms with Crippen molar-refractivity contribution in [2.75, 3.05) is 6.26 Å². The molecule has 5 heteroatoms. The fraction of sp³-hybridized carbons (Fsp3) is 0.333. The molecule has 1 aromatic rings. The number of halogens is 2. The summed E-state index contributed by atoms with van der Waals surface area (Å²) in [4.78, 5) is 8.06. The molecule has 0 aromatic carbocycles. The van der Waals surface area contributed by atoms with Gasteiger partial charge in [0, 0.05) is 0 Å². The van der Waals surface area contributed by atoms with E-state index >= 15 is 0 Å². The molecule has 0 aliphatic rings. The molecule has 0 atom stereocenters. The molecule has 1 heterocycles. The van der Waals surface area contributed by atoms with Crippen LogP contribution in [-0.4, -0.2) is 16.2 Å². The van der Waals surface area contributed by atoms with Gasteiger partial charge in [0.15, 0.2) is 5.16 Å². The van der Waals surface area contributed by atoms with Crippen molar-refractivity contribution in [1.29, 1.82) is 0 Å². The van der Waals surface area contributed by atoms with Gasteiger partial charge < -0.3 is 0 Å². The number of hydrogen-bond acceptors (Lipinski definition) is 3. The summed E-state index contributed by atoms with van der Waals surface area (Å²) in [6, 6.07) is 1.66. The molecule has 0 unspecified atom stereocenters. The monoisotopic (exact) mass is 208 g/mol. The summed E-state index contributed by atoms with van der Waals surface area (Å²) >= 11 is 12.7. The molecule has 0 radical (unpaired) electrons. The van der Waals surface area contributed by atoms with Crippen molar-refractivity contribution in [1.82, 2.24) is 9.97 Å². The first-order valence-electron chi connectivity index (χ1n) is 2.89. The molecule has 2 nitrogen and oxygen atoms in total. The molecule has 0 N–H and O–H groups in total. The van der Waals surface area contributed by atoms with Crippen LogP contribution in [0.3, 0.4) is 0 Å². The summed E-state index contributed by atoms with van der Waals surface area (Å²) in [5, 5.41) is 1.10. The second-order valence-electron chi connectivity index (χ2n) is 1.80. The first-order valence-corrected chi connectivity index (χ1v) is 5.03. The summed E-state index contributed by atoms with van der Waals surface area (Å²) in [6.45, 7) is 0. The Kier molecular flexibility index (Phi) is 3.43. The molecule has 0 aliphatic heterocycles. The highest BCUT2D eigenvalue weighted by atomic mass is 35.5. The Morgan fingerprint density at radius 2 is 2.27 bits per heavy atom. The van der Waals surface area contributed by atoms with Crippen LogP contribution in [0.4, 0.5) is 0 Å². The standard InChI is InChI=1S/C6H6Cl2N2S/c1-11-6-9-4(3-7)2-5(8)10-6/h2H,3H2,1H3. The van der Waals surface area contributed by atoms with Gasteiger partial charge in [-0.25, -0.2) is 9.97 Å². The highest BCUT2D eigenvalue weighted by Gasteiger charge is 1.99. The molecule has 0 saturated carbocycles. The maximum atomic E-state index is 5.68. The molecule has 0 spiro atoms. The van der Waals surface area contributed by atoms with E-state index in [1.807, 2.05) is 6.26 Å².